The normalized spacial score (nSPS) is 17.5. The molecule has 1 aromatic carbocycles. The number of carbonyl (C=O) groups is 3. The zero-order chi connectivity index (χ0) is 18.4. The van der Waals surface area contributed by atoms with Crippen LogP contribution in [0.3, 0.4) is 0 Å². The maximum absolute atomic E-state index is 12.8. The topological polar surface area (TPSA) is 71.4 Å². The predicted octanol–water partition coefficient (Wildman–Crippen LogP) is 2.92. The van der Waals surface area contributed by atoms with Crippen molar-refractivity contribution in [1.29, 1.82) is 0 Å². The molecule has 2 aromatic rings. The van der Waals surface area contributed by atoms with Gasteiger partial charge in [0.1, 0.15) is 5.57 Å². The minimum Gasteiger partial charge on any atom is -0.347 e. The summed E-state index contributed by atoms with van der Waals surface area (Å²) in [7, 11) is 0. The third-order valence-electron chi connectivity index (χ3n) is 4.23. The number of rotatable bonds is 2. The summed E-state index contributed by atoms with van der Waals surface area (Å²) in [5, 5.41) is 3.21. The monoisotopic (exact) mass is 339 g/mol. The number of fused-ring (bicyclic) bond motifs is 1. The molecule has 0 radical (unpaired) electrons. The number of amides is 4. The average Bonchev–Trinajstić information content (AvgIpc) is 2.88. The van der Waals surface area contributed by atoms with Crippen LogP contribution in [-0.2, 0) is 16.1 Å². The Morgan fingerprint density at radius 2 is 1.80 bits per heavy atom. The van der Waals surface area contributed by atoms with Gasteiger partial charge in [-0.25, -0.2) is 4.79 Å². The van der Waals surface area contributed by atoms with Crippen molar-refractivity contribution in [3.05, 3.63) is 41.6 Å². The van der Waals surface area contributed by atoms with E-state index < -0.39 is 23.4 Å². The summed E-state index contributed by atoms with van der Waals surface area (Å²) in [4.78, 5) is 38.2. The zero-order valence-corrected chi connectivity index (χ0v) is 14.8. The van der Waals surface area contributed by atoms with E-state index in [4.69, 9.17) is 0 Å². The van der Waals surface area contributed by atoms with Crippen molar-refractivity contribution in [2.24, 2.45) is 0 Å². The highest BCUT2D eigenvalue weighted by Crippen LogP contribution is 2.26. The molecule has 0 bridgehead atoms. The predicted molar refractivity (Wildman–Crippen MR) is 95.7 cm³/mol. The lowest BCUT2D eigenvalue weighted by Crippen LogP contribution is -2.60. The van der Waals surface area contributed by atoms with Gasteiger partial charge in [0.15, 0.2) is 0 Å². The molecule has 6 nitrogen and oxygen atoms in total. The Balaban J connectivity index is 2.13. The van der Waals surface area contributed by atoms with E-state index in [9.17, 15) is 14.4 Å². The summed E-state index contributed by atoms with van der Waals surface area (Å²) < 4.78 is 2.06. The molecule has 0 unspecified atom stereocenters. The quantitative estimate of drug-likeness (QED) is 0.675. The van der Waals surface area contributed by atoms with E-state index in [0.29, 0.717) is 0 Å². The summed E-state index contributed by atoms with van der Waals surface area (Å²) in [5.74, 6) is -1.24. The first-order valence-corrected chi connectivity index (χ1v) is 8.23. The van der Waals surface area contributed by atoms with Gasteiger partial charge in [0.25, 0.3) is 11.8 Å². The van der Waals surface area contributed by atoms with Crippen LogP contribution in [0.5, 0.6) is 0 Å². The van der Waals surface area contributed by atoms with Crippen LogP contribution < -0.4 is 5.32 Å². The van der Waals surface area contributed by atoms with Crippen molar-refractivity contribution in [2.45, 2.75) is 39.8 Å². The summed E-state index contributed by atoms with van der Waals surface area (Å²) in [6.07, 6.45) is 3.48. The van der Waals surface area contributed by atoms with Crippen LogP contribution in [0.2, 0.25) is 0 Å². The molecule has 0 atom stereocenters. The maximum Gasteiger partial charge on any atom is 0.331 e. The zero-order valence-electron chi connectivity index (χ0n) is 14.8. The number of para-hydroxylation sites is 1. The molecule has 1 aromatic heterocycles. The first-order chi connectivity index (χ1) is 11.7. The second kappa shape index (κ2) is 5.88. The van der Waals surface area contributed by atoms with E-state index in [1.54, 1.807) is 26.8 Å². The van der Waals surface area contributed by atoms with E-state index >= 15 is 0 Å². The van der Waals surface area contributed by atoms with Gasteiger partial charge in [-0.1, -0.05) is 18.2 Å². The number of carbonyl (C=O) groups excluding carboxylic acids is 3. The van der Waals surface area contributed by atoms with Gasteiger partial charge in [0, 0.05) is 34.7 Å². The fraction of sp³-hybridized carbons (Fsp3) is 0.316. The average molecular weight is 339 g/mol. The standard InChI is InChI=1S/C19H21N3O3/c1-5-21-11-12(13-8-6-7-9-15(13)21)10-14-16(23)20-18(25)22(17(14)24)19(2,3)4/h6-11H,5H2,1-4H3,(H,20,23,25). The molecule has 6 heteroatoms. The fourth-order valence-electron chi connectivity index (χ4n) is 3.07. The first-order valence-electron chi connectivity index (χ1n) is 8.23. The summed E-state index contributed by atoms with van der Waals surface area (Å²) in [5.41, 5.74) is 1.05. The van der Waals surface area contributed by atoms with Gasteiger partial charge in [-0.15, -0.1) is 0 Å². The van der Waals surface area contributed by atoms with Crippen molar-refractivity contribution < 1.29 is 14.4 Å². The van der Waals surface area contributed by atoms with Crippen molar-refractivity contribution in [2.75, 3.05) is 0 Å². The Labute approximate surface area is 146 Å². The van der Waals surface area contributed by atoms with Crippen LogP contribution in [0.1, 0.15) is 33.3 Å². The fourth-order valence-corrected chi connectivity index (χ4v) is 3.07. The first kappa shape index (κ1) is 17.0. The van der Waals surface area contributed by atoms with Crippen LogP contribution in [0.25, 0.3) is 17.0 Å². The van der Waals surface area contributed by atoms with Gasteiger partial charge in [0.2, 0.25) is 0 Å². The highest BCUT2D eigenvalue weighted by atomic mass is 16.2. The van der Waals surface area contributed by atoms with Crippen LogP contribution in [0, 0.1) is 0 Å². The minimum atomic E-state index is -0.724. The number of nitrogens with one attached hydrogen (secondary N) is 1. The number of hydrogen-bond donors (Lipinski definition) is 1. The molecule has 4 amide bonds. The minimum absolute atomic E-state index is 0.0338. The summed E-state index contributed by atoms with van der Waals surface area (Å²) in [6.45, 7) is 8.06. The summed E-state index contributed by atoms with van der Waals surface area (Å²) >= 11 is 0. The number of hydrogen-bond acceptors (Lipinski definition) is 3. The molecule has 25 heavy (non-hydrogen) atoms. The van der Waals surface area contributed by atoms with Crippen LogP contribution in [0.4, 0.5) is 4.79 Å². The number of benzene rings is 1. The molecular formula is C19H21N3O3. The van der Waals surface area contributed by atoms with E-state index in [-0.39, 0.29) is 5.57 Å². The Kier molecular flexibility index (Phi) is 3.99. The van der Waals surface area contributed by atoms with E-state index in [2.05, 4.69) is 9.88 Å². The smallest absolute Gasteiger partial charge is 0.331 e. The lowest BCUT2D eigenvalue weighted by atomic mass is 10.0. The molecule has 1 N–H and O–H groups in total. The highest BCUT2D eigenvalue weighted by molar-refractivity contribution is 6.31. The second-order valence-electron chi connectivity index (χ2n) is 7.02. The number of imide groups is 2. The Hall–Kier alpha value is -2.89. The van der Waals surface area contributed by atoms with Crippen molar-refractivity contribution in [3.8, 4) is 0 Å². The molecule has 3 rings (SSSR count). The van der Waals surface area contributed by atoms with Crippen molar-refractivity contribution in [3.63, 3.8) is 0 Å². The Bertz CT molecular complexity index is 916. The molecule has 1 aliphatic heterocycles. The van der Waals surface area contributed by atoms with Gasteiger partial charge in [0.05, 0.1) is 0 Å². The molecule has 1 saturated heterocycles. The van der Waals surface area contributed by atoms with Gasteiger partial charge in [-0.2, -0.15) is 0 Å². The molecule has 2 heterocycles. The van der Waals surface area contributed by atoms with Gasteiger partial charge in [-0.3, -0.25) is 19.8 Å². The lowest BCUT2D eigenvalue weighted by Gasteiger charge is -2.36. The van der Waals surface area contributed by atoms with Gasteiger partial charge in [-0.05, 0) is 39.8 Å². The lowest BCUT2D eigenvalue weighted by molar-refractivity contribution is -0.133. The third-order valence-corrected chi connectivity index (χ3v) is 4.23. The largest absolute Gasteiger partial charge is 0.347 e. The molecule has 1 aliphatic rings. The second-order valence-corrected chi connectivity index (χ2v) is 7.02. The number of urea groups is 1. The molecule has 130 valence electrons. The van der Waals surface area contributed by atoms with Crippen molar-refractivity contribution in [1.82, 2.24) is 14.8 Å². The maximum atomic E-state index is 12.8. The van der Waals surface area contributed by atoms with Crippen molar-refractivity contribution >= 4 is 34.8 Å². The number of aryl methyl sites for hydroxylation is 1. The van der Waals surface area contributed by atoms with Gasteiger partial charge >= 0.3 is 6.03 Å². The van der Waals surface area contributed by atoms with Crippen LogP contribution in [0.15, 0.2) is 36.0 Å². The molecular weight excluding hydrogens is 318 g/mol. The number of nitrogens with zero attached hydrogens (tertiary/aromatic N) is 2. The highest BCUT2D eigenvalue weighted by Gasteiger charge is 2.41. The molecule has 1 fully saturated rings. The van der Waals surface area contributed by atoms with E-state index in [1.165, 1.54) is 0 Å². The van der Waals surface area contributed by atoms with Crippen LogP contribution >= 0.6 is 0 Å². The molecule has 0 spiro atoms. The Morgan fingerprint density at radius 1 is 1.12 bits per heavy atom. The number of aromatic nitrogens is 1. The SMILES string of the molecule is CCn1cc(C=C2C(=O)NC(=O)N(C(C)(C)C)C2=O)c2ccccc21. The van der Waals surface area contributed by atoms with E-state index in [1.807, 2.05) is 37.4 Å². The third kappa shape index (κ3) is 2.84. The van der Waals surface area contributed by atoms with E-state index in [0.717, 1.165) is 27.9 Å². The molecule has 0 aliphatic carbocycles. The number of barbiturate groups is 1. The molecule has 0 saturated carbocycles. The van der Waals surface area contributed by atoms with Crippen LogP contribution in [-0.4, -0.2) is 32.9 Å². The van der Waals surface area contributed by atoms with Gasteiger partial charge < -0.3 is 4.57 Å². The Morgan fingerprint density at radius 3 is 2.44 bits per heavy atom. The summed E-state index contributed by atoms with van der Waals surface area (Å²) in [6, 6.07) is 7.12.